The molecular weight excluding hydrogens is 136 g/mol. The lowest BCUT2D eigenvalue weighted by Gasteiger charge is -2.17. The highest BCUT2D eigenvalue weighted by atomic mass is 16.5. The van der Waals surface area contributed by atoms with E-state index in [-0.39, 0.29) is 0 Å². The summed E-state index contributed by atoms with van der Waals surface area (Å²) in [5.74, 6) is 0. The lowest BCUT2D eigenvalue weighted by molar-refractivity contribution is 0.146. The van der Waals surface area contributed by atoms with Crippen molar-refractivity contribution >= 4 is 5.57 Å². The van der Waals surface area contributed by atoms with Crippen LogP contribution in [0, 0.1) is 0 Å². The molecule has 1 heterocycles. The Bertz CT molecular complexity index is 317. The lowest BCUT2D eigenvalue weighted by Crippen LogP contribution is -2.07. The quantitative estimate of drug-likeness (QED) is 0.546. The van der Waals surface area contributed by atoms with Crippen molar-refractivity contribution in [2.45, 2.75) is 6.61 Å². The molecule has 1 aliphatic rings. The second-order valence-electron chi connectivity index (χ2n) is 2.68. The fourth-order valence-corrected chi connectivity index (χ4v) is 1.31. The van der Waals surface area contributed by atoms with Gasteiger partial charge < -0.3 is 4.74 Å². The number of rotatable bonds is 0. The van der Waals surface area contributed by atoms with Gasteiger partial charge in [0.15, 0.2) is 0 Å². The first kappa shape index (κ1) is 5.56. The van der Waals surface area contributed by atoms with Crippen LogP contribution in [0.25, 0.3) is 5.57 Å². The van der Waals surface area contributed by atoms with Crippen LogP contribution in [-0.4, -0.2) is 6.61 Å². The van der Waals surface area contributed by atoms with Crippen LogP contribution in [0.15, 0.2) is 30.8 Å². The number of hydrogen-bond acceptors (Lipinski definition) is 1. The molecule has 0 N–H and O–H groups in total. The molecule has 0 radical (unpaired) electrons. The maximum Gasteiger partial charge on any atom is 0.0727 e. The van der Waals surface area contributed by atoms with E-state index in [2.05, 4.69) is 0 Å². The molecule has 11 heavy (non-hydrogen) atoms. The molecule has 0 fully saturated rings. The molecule has 0 aliphatic carbocycles. The van der Waals surface area contributed by atoms with E-state index in [4.69, 9.17) is 6.11 Å². The molecule has 1 nitrogen and oxygen atoms in total. The summed E-state index contributed by atoms with van der Waals surface area (Å²) in [5.41, 5.74) is 3.32. The van der Waals surface area contributed by atoms with Crippen LogP contribution < -0.4 is 0 Å². The van der Waals surface area contributed by atoms with Crippen LogP contribution in [0.1, 0.15) is 12.5 Å². The van der Waals surface area contributed by atoms with Crippen LogP contribution >= 0.6 is 0 Å². The summed E-state index contributed by atoms with van der Waals surface area (Å²) >= 11 is 0. The predicted octanol–water partition coefficient (Wildman–Crippen LogP) is 2.23. The van der Waals surface area contributed by atoms with Gasteiger partial charge in [-0.05, 0) is 16.7 Å². The van der Waals surface area contributed by atoms with Gasteiger partial charge in [0.2, 0.25) is 0 Å². The minimum atomic E-state index is 0.570. The first-order valence-electron chi connectivity index (χ1n) is 4.23. The topological polar surface area (TPSA) is 9.23 Å². The summed E-state index contributed by atoms with van der Waals surface area (Å²) in [4.78, 5) is 0. The van der Waals surface area contributed by atoms with Crippen LogP contribution in [0.4, 0.5) is 0 Å². The maximum absolute atomic E-state index is 7.19. The van der Waals surface area contributed by atoms with Gasteiger partial charge in [0.25, 0.3) is 0 Å². The Morgan fingerprint density at radius 3 is 3.18 bits per heavy atom. The summed E-state index contributed by atoms with van der Waals surface area (Å²) in [5, 5.41) is 0. The molecule has 1 aliphatic heterocycles. The van der Waals surface area contributed by atoms with Crippen LogP contribution in [0.2, 0.25) is 0 Å². The largest absolute Gasteiger partial charge is 0.372 e. The van der Waals surface area contributed by atoms with Crippen molar-refractivity contribution in [3.05, 3.63) is 41.9 Å². The van der Waals surface area contributed by atoms with Crippen LogP contribution in [0.5, 0.6) is 0 Å². The Balaban J connectivity index is 2.51. The number of ether oxygens (including phenoxy) is 1. The average molecular weight is 147 g/mol. The van der Waals surface area contributed by atoms with E-state index >= 15 is 0 Å². The summed E-state index contributed by atoms with van der Waals surface area (Å²) in [6, 6.07) is 8.07. The summed E-state index contributed by atoms with van der Waals surface area (Å²) in [7, 11) is 0. The molecule has 1 aromatic rings. The molecule has 0 atom stereocenters. The van der Waals surface area contributed by atoms with E-state index in [9.17, 15) is 0 Å². The van der Waals surface area contributed by atoms with Gasteiger partial charge in [0.05, 0.1) is 14.6 Å². The first-order valence-corrected chi connectivity index (χ1v) is 3.65. The normalized spacial score (nSPS) is 21.1. The Morgan fingerprint density at radius 1 is 1.36 bits per heavy atom. The van der Waals surface area contributed by atoms with E-state index in [1.165, 1.54) is 17.7 Å². The second-order valence-corrected chi connectivity index (χ2v) is 2.68. The van der Waals surface area contributed by atoms with Crippen molar-refractivity contribution in [2.24, 2.45) is 0 Å². The molecule has 56 valence electrons. The number of benzene rings is 1. The molecule has 0 saturated heterocycles. The van der Waals surface area contributed by atoms with E-state index < -0.39 is 0 Å². The molecule has 0 aromatic heterocycles. The van der Waals surface area contributed by atoms with E-state index in [1.54, 1.807) is 0 Å². The van der Waals surface area contributed by atoms with E-state index in [0.717, 1.165) is 5.57 Å². The van der Waals surface area contributed by atoms with Gasteiger partial charge in [-0.2, -0.15) is 0 Å². The third-order valence-electron chi connectivity index (χ3n) is 1.88. The van der Waals surface area contributed by atoms with Gasteiger partial charge in [0, 0.05) is 0 Å². The van der Waals surface area contributed by atoms with Crippen molar-refractivity contribution in [1.29, 1.82) is 0 Å². The number of hydrogen-bond donors (Lipinski definition) is 0. The Labute approximate surface area is 67.7 Å². The van der Waals surface area contributed by atoms with Crippen LogP contribution in [-0.2, 0) is 11.3 Å². The van der Waals surface area contributed by atoms with Gasteiger partial charge in [-0.25, -0.2) is 0 Å². The molecule has 1 heteroatoms. The third-order valence-corrected chi connectivity index (χ3v) is 1.88. The van der Waals surface area contributed by atoms with E-state index in [1.807, 2.05) is 24.3 Å². The van der Waals surface area contributed by atoms with Crippen molar-refractivity contribution in [1.82, 2.24) is 0 Å². The minimum Gasteiger partial charge on any atom is -0.372 e. The SMILES string of the molecule is [2H]C=C1COCc2ccccc21. The molecule has 0 spiro atoms. The Morgan fingerprint density at radius 2 is 2.27 bits per heavy atom. The highest BCUT2D eigenvalue weighted by molar-refractivity contribution is 5.67. The fraction of sp³-hybridized carbons (Fsp3) is 0.200. The zero-order valence-corrected chi connectivity index (χ0v) is 6.21. The number of fused-ring (bicyclic) bond motifs is 1. The molecule has 0 unspecified atom stereocenters. The Hall–Kier alpha value is -1.08. The molecular formula is C10H10O. The van der Waals surface area contributed by atoms with Gasteiger partial charge >= 0.3 is 0 Å². The van der Waals surface area contributed by atoms with Crippen molar-refractivity contribution in [2.75, 3.05) is 6.61 Å². The molecule has 0 saturated carbocycles. The highest BCUT2D eigenvalue weighted by Gasteiger charge is 2.10. The fourth-order valence-electron chi connectivity index (χ4n) is 1.31. The molecule has 1 aromatic carbocycles. The Kier molecular flexibility index (Phi) is 1.27. The predicted molar refractivity (Wildman–Crippen MR) is 45.1 cm³/mol. The molecule has 0 amide bonds. The first-order chi connectivity index (χ1) is 5.92. The average Bonchev–Trinajstić information content (AvgIpc) is 2.17. The second kappa shape index (κ2) is 2.51. The summed E-state index contributed by atoms with van der Waals surface area (Å²) < 4.78 is 12.5. The lowest BCUT2D eigenvalue weighted by atomic mass is 10.0. The zero-order chi connectivity index (χ0) is 8.39. The standard InChI is InChI=1S/C10H10O/c1-8-6-11-7-9-4-2-3-5-10(8)9/h2-5H,1,6-7H2/i1D. The van der Waals surface area contributed by atoms with Crippen LogP contribution in [0.3, 0.4) is 0 Å². The van der Waals surface area contributed by atoms with Gasteiger partial charge in [0.1, 0.15) is 0 Å². The van der Waals surface area contributed by atoms with Crippen molar-refractivity contribution in [3.8, 4) is 0 Å². The molecule has 0 bridgehead atoms. The van der Waals surface area contributed by atoms with Gasteiger partial charge in [-0.15, -0.1) is 0 Å². The van der Waals surface area contributed by atoms with Crippen molar-refractivity contribution in [3.63, 3.8) is 0 Å². The smallest absolute Gasteiger partial charge is 0.0727 e. The maximum atomic E-state index is 7.19. The monoisotopic (exact) mass is 147 g/mol. The molecule has 2 rings (SSSR count). The minimum absolute atomic E-state index is 0.570. The summed E-state index contributed by atoms with van der Waals surface area (Å²) in [6.45, 7) is 2.62. The zero-order valence-electron chi connectivity index (χ0n) is 7.21. The highest BCUT2D eigenvalue weighted by Crippen LogP contribution is 2.23. The third kappa shape index (κ3) is 1.08. The van der Waals surface area contributed by atoms with Gasteiger partial charge in [-0.3, -0.25) is 0 Å². The van der Waals surface area contributed by atoms with Crippen molar-refractivity contribution < 1.29 is 6.11 Å². The van der Waals surface area contributed by atoms with Gasteiger partial charge in [-0.1, -0.05) is 30.8 Å². The summed E-state index contributed by atoms with van der Waals surface area (Å²) in [6.07, 6.45) is 0. The van der Waals surface area contributed by atoms with E-state index in [0.29, 0.717) is 13.2 Å².